The fourth-order valence-electron chi connectivity index (χ4n) is 2.01. The molecule has 0 aliphatic carbocycles. The molecule has 0 fully saturated rings. The van der Waals surface area contributed by atoms with Crippen LogP contribution in [0.1, 0.15) is 22.3 Å². The van der Waals surface area contributed by atoms with E-state index >= 15 is 0 Å². The predicted octanol–water partition coefficient (Wildman–Crippen LogP) is 2.88. The Kier molecular flexibility index (Phi) is 2.98. The molecule has 2 nitrogen and oxygen atoms in total. The van der Waals surface area contributed by atoms with E-state index in [1.54, 1.807) is 0 Å². The van der Waals surface area contributed by atoms with Gasteiger partial charge in [0.05, 0.1) is 6.61 Å². The number of rotatable bonds is 2. The van der Waals surface area contributed by atoms with Crippen molar-refractivity contribution in [1.29, 1.82) is 0 Å². The van der Waals surface area contributed by atoms with Gasteiger partial charge in [-0.05, 0) is 49.3 Å². The van der Waals surface area contributed by atoms with Crippen LogP contribution in [-0.4, -0.2) is 31.7 Å². The molecule has 1 aromatic carbocycles. The quantitative estimate of drug-likeness (QED) is 0.741. The largest absolute Gasteiger partial charge is 0.493 e. The van der Waals surface area contributed by atoms with Crippen LogP contribution in [0.4, 0.5) is 0 Å². The first kappa shape index (κ1) is 11.5. The van der Waals surface area contributed by atoms with E-state index in [2.05, 4.69) is 24.8 Å². The molecule has 0 bridgehead atoms. The van der Waals surface area contributed by atoms with Crippen molar-refractivity contribution in [3.05, 3.63) is 23.3 Å². The van der Waals surface area contributed by atoms with Crippen LogP contribution in [-0.2, 0) is 6.42 Å². The van der Waals surface area contributed by atoms with E-state index in [1.165, 1.54) is 10.5 Å². The molecule has 88 valence electrons. The fourth-order valence-corrected chi connectivity index (χ4v) is 3.32. The van der Waals surface area contributed by atoms with Crippen LogP contribution in [0.5, 0.6) is 5.75 Å². The van der Waals surface area contributed by atoms with E-state index < -0.39 is 10.0 Å². The molecule has 3 heteroatoms. The Morgan fingerprint density at radius 3 is 2.69 bits per heavy atom. The summed E-state index contributed by atoms with van der Waals surface area (Å²) >= 11 is 0. The third-order valence-corrected chi connectivity index (χ3v) is 4.50. The Bertz CT molecular complexity index is 419. The van der Waals surface area contributed by atoms with Crippen LogP contribution in [0.3, 0.4) is 0 Å². The molecule has 0 aromatic heterocycles. The van der Waals surface area contributed by atoms with Gasteiger partial charge in [-0.2, -0.15) is 0 Å². The smallest absolute Gasteiger partial charge is 0.151 e. The molecule has 0 saturated carbocycles. The first-order chi connectivity index (χ1) is 7.52. The molecular formula is C13H18O2S. The maximum Gasteiger partial charge on any atom is 0.151 e. The number of aldehydes is 1. The Morgan fingerprint density at radius 2 is 2.06 bits per heavy atom. The summed E-state index contributed by atoms with van der Waals surface area (Å²) in [5, 5.41) is 0. The zero-order valence-corrected chi connectivity index (χ0v) is 10.9. The first-order valence-corrected chi connectivity index (χ1v) is 8.31. The molecule has 0 amide bonds. The average Bonchev–Trinajstić information content (AvgIpc) is 2.26. The van der Waals surface area contributed by atoms with E-state index in [4.69, 9.17) is 4.74 Å². The van der Waals surface area contributed by atoms with Crippen LogP contribution in [0, 0.1) is 0 Å². The second-order valence-corrected chi connectivity index (χ2v) is 9.02. The Labute approximate surface area is 98.3 Å². The highest BCUT2D eigenvalue weighted by Crippen LogP contribution is 2.48. The highest BCUT2D eigenvalue weighted by molar-refractivity contribution is 8.32. The summed E-state index contributed by atoms with van der Waals surface area (Å²) in [6.07, 6.45) is 9.73. The summed E-state index contributed by atoms with van der Waals surface area (Å²) in [5.74, 6) is 0.903. The molecule has 1 aliphatic heterocycles. The molecule has 1 aliphatic rings. The second kappa shape index (κ2) is 4.13. The highest BCUT2D eigenvalue weighted by Gasteiger charge is 2.19. The van der Waals surface area contributed by atoms with Crippen molar-refractivity contribution >= 4 is 16.3 Å². The fraction of sp³-hybridized carbons (Fsp3) is 0.462. The van der Waals surface area contributed by atoms with Gasteiger partial charge in [0.1, 0.15) is 5.75 Å². The molecule has 1 aromatic rings. The number of carbonyl (C=O) groups excluding carboxylic acids is 1. The van der Waals surface area contributed by atoms with Crippen molar-refractivity contribution in [3.63, 3.8) is 0 Å². The number of hydrogen-bond donors (Lipinski definition) is 0. The van der Waals surface area contributed by atoms with Crippen molar-refractivity contribution < 1.29 is 9.53 Å². The molecular weight excluding hydrogens is 220 g/mol. The van der Waals surface area contributed by atoms with Gasteiger partial charge < -0.3 is 4.74 Å². The van der Waals surface area contributed by atoms with E-state index in [0.717, 1.165) is 37.0 Å². The molecule has 0 radical (unpaired) electrons. The third-order valence-electron chi connectivity index (χ3n) is 2.83. The van der Waals surface area contributed by atoms with Gasteiger partial charge in [0.25, 0.3) is 0 Å². The van der Waals surface area contributed by atoms with Crippen LogP contribution < -0.4 is 4.74 Å². The van der Waals surface area contributed by atoms with E-state index in [-0.39, 0.29) is 0 Å². The number of fused-ring (bicyclic) bond motifs is 1. The van der Waals surface area contributed by atoms with Gasteiger partial charge in [0, 0.05) is 10.5 Å². The lowest BCUT2D eigenvalue weighted by atomic mass is 10.0. The maximum absolute atomic E-state index is 11.1. The standard InChI is InChI=1S/C13H18O2S/c1-16(2,3)13-8-10-5-4-6-15-12(10)7-11(13)9-14/h7-9H,4-6H2,1-3H3. The molecule has 1 heterocycles. The molecule has 0 atom stereocenters. The SMILES string of the molecule is CS(C)(C)c1cc2c(cc1C=O)OCCC2. The minimum absolute atomic E-state index is 0.771. The minimum Gasteiger partial charge on any atom is -0.493 e. The van der Waals surface area contributed by atoms with E-state index in [9.17, 15) is 4.79 Å². The summed E-state index contributed by atoms with van der Waals surface area (Å²) in [7, 11) is -0.866. The van der Waals surface area contributed by atoms with Crippen molar-refractivity contribution in [3.8, 4) is 5.75 Å². The topological polar surface area (TPSA) is 26.3 Å². The summed E-state index contributed by atoms with van der Waals surface area (Å²) < 4.78 is 5.58. The van der Waals surface area contributed by atoms with Crippen LogP contribution in [0.25, 0.3) is 0 Å². The Morgan fingerprint density at radius 1 is 1.31 bits per heavy atom. The lowest BCUT2D eigenvalue weighted by Gasteiger charge is -2.29. The van der Waals surface area contributed by atoms with Crippen LogP contribution in [0.15, 0.2) is 17.0 Å². The van der Waals surface area contributed by atoms with Gasteiger partial charge in [0.15, 0.2) is 6.29 Å². The van der Waals surface area contributed by atoms with Crippen molar-refractivity contribution in [1.82, 2.24) is 0 Å². The molecule has 0 unspecified atom stereocenters. The van der Waals surface area contributed by atoms with Crippen molar-refractivity contribution in [2.75, 3.05) is 25.4 Å². The van der Waals surface area contributed by atoms with E-state index in [1.807, 2.05) is 6.07 Å². The van der Waals surface area contributed by atoms with E-state index in [0.29, 0.717) is 0 Å². The van der Waals surface area contributed by atoms with Crippen molar-refractivity contribution in [2.24, 2.45) is 0 Å². The second-order valence-electron chi connectivity index (χ2n) is 4.90. The number of carbonyl (C=O) groups is 1. The predicted molar refractivity (Wildman–Crippen MR) is 69.3 cm³/mol. The zero-order valence-electron chi connectivity index (χ0n) is 10.1. The van der Waals surface area contributed by atoms with Crippen LogP contribution >= 0.6 is 10.0 Å². The minimum atomic E-state index is -0.866. The summed E-state index contributed by atoms with van der Waals surface area (Å²) in [4.78, 5) is 12.3. The van der Waals surface area contributed by atoms with Gasteiger partial charge in [-0.25, -0.2) is 10.0 Å². The lowest BCUT2D eigenvalue weighted by Crippen LogP contribution is -2.10. The molecule has 2 rings (SSSR count). The van der Waals surface area contributed by atoms with Gasteiger partial charge >= 0.3 is 0 Å². The van der Waals surface area contributed by atoms with Crippen molar-refractivity contribution in [2.45, 2.75) is 17.7 Å². The third kappa shape index (κ3) is 2.09. The summed E-state index contributed by atoms with van der Waals surface area (Å²) in [6.45, 7) is 0.771. The van der Waals surface area contributed by atoms with Gasteiger partial charge in [-0.3, -0.25) is 4.79 Å². The lowest BCUT2D eigenvalue weighted by molar-refractivity contribution is 0.112. The molecule has 0 N–H and O–H groups in total. The molecule has 0 saturated heterocycles. The zero-order chi connectivity index (χ0) is 11.8. The highest BCUT2D eigenvalue weighted by atomic mass is 32.3. The van der Waals surface area contributed by atoms with Gasteiger partial charge in [-0.15, -0.1) is 0 Å². The summed E-state index contributed by atoms with van der Waals surface area (Å²) in [6, 6.07) is 4.09. The van der Waals surface area contributed by atoms with Crippen LogP contribution in [0.2, 0.25) is 0 Å². The number of hydrogen-bond acceptors (Lipinski definition) is 2. The first-order valence-electron chi connectivity index (χ1n) is 5.45. The number of ether oxygens (including phenoxy) is 1. The normalized spacial score (nSPS) is 16.2. The Hall–Kier alpha value is -0.960. The number of aryl methyl sites for hydroxylation is 1. The number of benzene rings is 1. The average molecular weight is 238 g/mol. The molecule has 16 heavy (non-hydrogen) atoms. The van der Waals surface area contributed by atoms with Gasteiger partial charge in [0.2, 0.25) is 0 Å². The van der Waals surface area contributed by atoms with Gasteiger partial charge in [-0.1, -0.05) is 0 Å². The molecule has 0 spiro atoms. The summed E-state index contributed by atoms with van der Waals surface area (Å²) in [5.41, 5.74) is 2.05. The Balaban J connectivity index is 2.56. The monoisotopic (exact) mass is 238 g/mol. The maximum atomic E-state index is 11.1.